The summed E-state index contributed by atoms with van der Waals surface area (Å²) in [6, 6.07) is 6.36. The van der Waals surface area contributed by atoms with Gasteiger partial charge in [0.05, 0.1) is 18.8 Å². The number of morpholine rings is 1. The number of hydrogen-bond acceptors (Lipinski definition) is 4. The molecule has 4 nitrogen and oxygen atoms in total. The Balaban J connectivity index is 1.97. The first kappa shape index (κ1) is 15.8. The molecule has 0 saturated carbocycles. The van der Waals surface area contributed by atoms with Crippen molar-refractivity contribution in [3.05, 3.63) is 28.8 Å². The summed E-state index contributed by atoms with van der Waals surface area (Å²) in [6.45, 7) is 9.18. The number of nitriles is 1. The lowest BCUT2D eigenvalue weighted by molar-refractivity contribution is 0.0322. The van der Waals surface area contributed by atoms with Gasteiger partial charge in [-0.1, -0.05) is 19.4 Å². The van der Waals surface area contributed by atoms with Crippen LogP contribution in [0.1, 0.15) is 30.0 Å². The smallest absolute Gasteiger partial charge is 0.140 e. The Morgan fingerprint density at radius 3 is 2.76 bits per heavy atom. The van der Waals surface area contributed by atoms with Crippen LogP contribution in [0.15, 0.2) is 12.1 Å². The fraction of sp³-hybridized carbons (Fsp3) is 0.588. The second-order valence-corrected chi connectivity index (χ2v) is 5.45. The van der Waals surface area contributed by atoms with Gasteiger partial charge in [0, 0.05) is 19.6 Å². The van der Waals surface area contributed by atoms with Gasteiger partial charge >= 0.3 is 0 Å². The van der Waals surface area contributed by atoms with E-state index in [1.807, 2.05) is 13.0 Å². The molecule has 0 N–H and O–H groups in total. The zero-order chi connectivity index (χ0) is 15.1. The summed E-state index contributed by atoms with van der Waals surface area (Å²) >= 11 is 0. The van der Waals surface area contributed by atoms with Crippen molar-refractivity contribution in [2.24, 2.45) is 0 Å². The molecule has 1 fully saturated rings. The molecule has 0 aromatic heterocycles. The lowest BCUT2D eigenvalue weighted by Crippen LogP contribution is -2.38. The summed E-state index contributed by atoms with van der Waals surface area (Å²) in [4.78, 5) is 2.33. The molecule has 1 aromatic rings. The van der Waals surface area contributed by atoms with Crippen molar-refractivity contribution in [2.45, 2.75) is 26.7 Å². The monoisotopic (exact) mass is 288 g/mol. The van der Waals surface area contributed by atoms with Crippen molar-refractivity contribution in [3.63, 3.8) is 0 Å². The Hall–Kier alpha value is -1.57. The third kappa shape index (κ3) is 4.45. The van der Waals surface area contributed by atoms with Crippen LogP contribution in [0.3, 0.4) is 0 Å². The highest BCUT2D eigenvalue weighted by Gasteiger charge is 2.12. The van der Waals surface area contributed by atoms with Crippen LogP contribution in [0.4, 0.5) is 0 Å². The van der Waals surface area contributed by atoms with E-state index >= 15 is 0 Å². The van der Waals surface area contributed by atoms with Crippen LogP contribution in [0.25, 0.3) is 0 Å². The molecular formula is C17H24N2O2. The van der Waals surface area contributed by atoms with E-state index in [9.17, 15) is 5.26 Å². The van der Waals surface area contributed by atoms with Crippen LogP contribution < -0.4 is 4.74 Å². The molecule has 0 atom stereocenters. The van der Waals surface area contributed by atoms with E-state index in [1.54, 1.807) is 0 Å². The Labute approximate surface area is 127 Å². The maximum atomic E-state index is 9.33. The van der Waals surface area contributed by atoms with E-state index in [0.29, 0.717) is 12.2 Å². The fourth-order valence-electron chi connectivity index (χ4n) is 2.66. The quantitative estimate of drug-likeness (QED) is 0.807. The number of benzene rings is 1. The number of aryl methyl sites for hydroxylation is 2. The average molecular weight is 288 g/mol. The number of hydrogen-bond donors (Lipinski definition) is 0. The largest absolute Gasteiger partial charge is 0.491 e. The van der Waals surface area contributed by atoms with Crippen molar-refractivity contribution in [2.75, 3.05) is 39.5 Å². The lowest BCUT2D eigenvalue weighted by Gasteiger charge is -2.26. The molecule has 1 aromatic carbocycles. The van der Waals surface area contributed by atoms with E-state index in [0.717, 1.165) is 57.0 Å². The first-order valence-corrected chi connectivity index (χ1v) is 7.71. The fourth-order valence-corrected chi connectivity index (χ4v) is 2.66. The Morgan fingerprint density at radius 2 is 2.10 bits per heavy atom. The molecule has 0 radical (unpaired) electrons. The van der Waals surface area contributed by atoms with Gasteiger partial charge in [0.1, 0.15) is 18.4 Å². The molecule has 1 aliphatic heterocycles. The predicted octanol–water partition coefficient (Wildman–Crippen LogP) is 2.53. The minimum Gasteiger partial charge on any atom is -0.491 e. The molecule has 0 spiro atoms. The van der Waals surface area contributed by atoms with E-state index in [4.69, 9.17) is 9.47 Å². The highest BCUT2D eigenvalue weighted by atomic mass is 16.5. The molecule has 2 rings (SSSR count). The minimum absolute atomic E-state index is 0.614. The van der Waals surface area contributed by atoms with Gasteiger partial charge in [-0.2, -0.15) is 5.26 Å². The maximum absolute atomic E-state index is 9.33. The minimum atomic E-state index is 0.614. The third-order valence-corrected chi connectivity index (χ3v) is 3.75. The Kier molecular flexibility index (Phi) is 6.04. The summed E-state index contributed by atoms with van der Waals surface area (Å²) in [6.07, 6.45) is 2.09. The zero-order valence-electron chi connectivity index (χ0n) is 13.0. The van der Waals surface area contributed by atoms with E-state index in [1.165, 1.54) is 5.56 Å². The van der Waals surface area contributed by atoms with Gasteiger partial charge in [0.2, 0.25) is 0 Å². The zero-order valence-corrected chi connectivity index (χ0v) is 13.0. The maximum Gasteiger partial charge on any atom is 0.140 e. The van der Waals surface area contributed by atoms with Gasteiger partial charge in [0.25, 0.3) is 0 Å². The van der Waals surface area contributed by atoms with Gasteiger partial charge in [-0.05, 0) is 30.5 Å². The normalized spacial score (nSPS) is 15.7. The third-order valence-electron chi connectivity index (χ3n) is 3.75. The van der Waals surface area contributed by atoms with Crippen LogP contribution in [0.2, 0.25) is 0 Å². The molecule has 0 amide bonds. The molecular weight excluding hydrogens is 264 g/mol. The van der Waals surface area contributed by atoms with Crippen molar-refractivity contribution >= 4 is 0 Å². The first-order valence-electron chi connectivity index (χ1n) is 7.71. The highest BCUT2D eigenvalue weighted by Crippen LogP contribution is 2.25. The van der Waals surface area contributed by atoms with E-state index in [-0.39, 0.29) is 0 Å². The summed E-state index contributed by atoms with van der Waals surface area (Å²) < 4.78 is 11.2. The summed E-state index contributed by atoms with van der Waals surface area (Å²) in [5.74, 6) is 0.741. The molecule has 1 saturated heterocycles. The van der Waals surface area contributed by atoms with Crippen LogP contribution in [-0.4, -0.2) is 44.4 Å². The van der Waals surface area contributed by atoms with Crippen LogP contribution >= 0.6 is 0 Å². The van der Waals surface area contributed by atoms with Gasteiger partial charge in [-0.15, -0.1) is 0 Å². The Morgan fingerprint density at radius 1 is 1.33 bits per heavy atom. The number of ether oxygens (including phenoxy) is 2. The van der Waals surface area contributed by atoms with Crippen molar-refractivity contribution in [3.8, 4) is 11.8 Å². The van der Waals surface area contributed by atoms with Gasteiger partial charge in [0.15, 0.2) is 0 Å². The van der Waals surface area contributed by atoms with Crippen molar-refractivity contribution < 1.29 is 9.47 Å². The standard InChI is InChI=1S/C17H24N2O2/c1-3-4-15-11-14(2)17(16(12-15)13-18)21-10-7-19-5-8-20-9-6-19/h11-12H,3-10H2,1-2H3. The predicted molar refractivity (Wildman–Crippen MR) is 82.6 cm³/mol. The van der Waals surface area contributed by atoms with Crippen molar-refractivity contribution in [1.29, 1.82) is 5.26 Å². The van der Waals surface area contributed by atoms with Gasteiger partial charge in [-0.25, -0.2) is 0 Å². The second kappa shape index (κ2) is 8.02. The summed E-state index contributed by atoms with van der Waals surface area (Å²) in [5, 5.41) is 9.33. The summed E-state index contributed by atoms with van der Waals surface area (Å²) in [5.41, 5.74) is 2.92. The lowest BCUT2D eigenvalue weighted by atomic mass is 10.0. The summed E-state index contributed by atoms with van der Waals surface area (Å²) in [7, 11) is 0. The second-order valence-electron chi connectivity index (χ2n) is 5.45. The molecule has 1 aliphatic rings. The first-order chi connectivity index (χ1) is 10.2. The molecule has 114 valence electrons. The topological polar surface area (TPSA) is 45.5 Å². The van der Waals surface area contributed by atoms with Gasteiger partial charge < -0.3 is 9.47 Å². The highest BCUT2D eigenvalue weighted by molar-refractivity contribution is 5.50. The molecule has 0 unspecified atom stereocenters. The van der Waals surface area contributed by atoms with Crippen LogP contribution in [0.5, 0.6) is 5.75 Å². The number of rotatable bonds is 6. The molecule has 1 heterocycles. The van der Waals surface area contributed by atoms with E-state index in [2.05, 4.69) is 24.0 Å². The van der Waals surface area contributed by atoms with Crippen LogP contribution in [0, 0.1) is 18.3 Å². The van der Waals surface area contributed by atoms with Crippen molar-refractivity contribution in [1.82, 2.24) is 4.90 Å². The Bertz CT molecular complexity index is 502. The number of nitrogens with zero attached hydrogens (tertiary/aromatic N) is 2. The molecule has 4 heteroatoms. The van der Waals surface area contributed by atoms with Gasteiger partial charge in [-0.3, -0.25) is 4.90 Å². The van der Waals surface area contributed by atoms with Crippen LogP contribution in [-0.2, 0) is 11.2 Å². The molecule has 0 aliphatic carbocycles. The van der Waals surface area contributed by atoms with E-state index < -0.39 is 0 Å². The SMILES string of the molecule is CCCc1cc(C)c(OCCN2CCOCC2)c(C#N)c1. The average Bonchev–Trinajstić information content (AvgIpc) is 2.50. The molecule has 21 heavy (non-hydrogen) atoms. The molecule has 0 bridgehead atoms.